The molecule has 0 fully saturated rings. The number of hydrogen-bond acceptors (Lipinski definition) is 3. The monoisotopic (exact) mass is 266 g/mol. The summed E-state index contributed by atoms with van der Waals surface area (Å²) in [5, 5.41) is 10.5. The minimum Gasteiger partial charge on any atom is -0.324 e. The van der Waals surface area contributed by atoms with Crippen molar-refractivity contribution in [2.45, 2.75) is 25.1 Å². The van der Waals surface area contributed by atoms with Crippen LogP contribution in [0.25, 0.3) is 0 Å². The predicted molar refractivity (Wildman–Crippen MR) is 55.3 cm³/mol. The van der Waals surface area contributed by atoms with Crippen LogP contribution in [0.1, 0.15) is 24.4 Å². The Morgan fingerprint density at radius 1 is 1.39 bits per heavy atom. The molecule has 1 aromatic carbocycles. The average molecular weight is 266 g/mol. The minimum atomic E-state index is -4.39. The largest absolute Gasteiger partial charge is 0.389 e. The van der Waals surface area contributed by atoms with Gasteiger partial charge in [0.05, 0.1) is 4.92 Å². The van der Waals surface area contributed by atoms with E-state index in [0.29, 0.717) is 0 Å². The van der Waals surface area contributed by atoms with Crippen LogP contribution in [0.5, 0.6) is 0 Å². The van der Waals surface area contributed by atoms with Crippen LogP contribution in [-0.4, -0.2) is 11.1 Å². The molecular formula is C10H10F4N2O2. The number of non-ortho nitro benzene ring substituents is 1. The summed E-state index contributed by atoms with van der Waals surface area (Å²) in [6, 6.07) is 1.37. The first-order chi connectivity index (χ1) is 8.20. The molecule has 8 heteroatoms. The minimum absolute atomic E-state index is 0.284. The highest BCUT2D eigenvalue weighted by Gasteiger charge is 2.28. The summed E-state index contributed by atoms with van der Waals surface area (Å²) < 4.78 is 49.3. The SMILES string of the molecule is N[C@H](CCC(F)(F)F)c1cc([N+](=O)[O-])ccc1F. The van der Waals surface area contributed by atoms with Crippen molar-refractivity contribution >= 4 is 5.69 Å². The Balaban J connectivity index is 2.87. The molecule has 1 rings (SSSR count). The van der Waals surface area contributed by atoms with Gasteiger partial charge in [-0.1, -0.05) is 0 Å². The molecule has 0 aliphatic heterocycles. The lowest BCUT2D eigenvalue weighted by Crippen LogP contribution is -2.17. The van der Waals surface area contributed by atoms with Gasteiger partial charge in [-0.15, -0.1) is 0 Å². The van der Waals surface area contributed by atoms with Crippen LogP contribution < -0.4 is 5.73 Å². The van der Waals surface area contributed by atoms with E-state index in [4.69, 9.17) is 5.73 Å². The highest BCUT2D eigenvalue weighted by Crippen LogP contribution is 2.29. The van der Waals surface area contributed by atoms with Gasteiger partial charge in [0, 0.05) is 30.2 Å². The Bertz CT molecular complexity index is 448. The first kappa shape index (κ1) is 14.4. The van der Waals surface area contributed by atoms with Gasteiger partial charge in [-0.05, 0) is 12.5 Å². The fraction of sp³-hybridized carbons (Fsp3) is 0.400. The molecule has 18 heavy (non-hydrogen) atoms. The third-order valence-corrected chi connectivity index (χ3v) is 2.33. The van der Waals surface area contributed by atoms with Crippen LogP contribution in [0.3, 0.4) is 0 Å². The molecule has 0 saturated heterocycles. The first-order valence-electron chi connectivity index (χ1n) is 4.97. The molecule has 0 saturated carbocycles. The Labute approximate surface area is 99.5 Å². The standard InChI is InChI=1S/C10H10F4N2O2/c11-8-2-1-6(16(17)18)5-7(8)9(15)3-4-10(12,13)14/h1-2,5,9H,3-4,15H2/t9-/m1/s1. The summed E-state index contributed by atoms with van der Waals surface area (Å²) >= 11 is 0. The summed E-state index contributed by atoms with van der Waals surface area (Å²) in [6.45, 7) is 0. The molecule has 4 nitrogen and oxygen atoms in total. The molecule has 2 N–H and O–H groups in total. The number of hydrogen-bond donors (Lipinski definition) is 1. The van der Waals surface area contributed by atoms with E-state index in [2.05, 4.69) is 0 Å². The lowest BCUT2D eigenvalue weighted by Gasteiger charge is -2.14. The lowest BCUT2D eigenvalue weighted by atomic mass is 10.0. The zero-order valence-corrected chi connectivity index (χ0v) is 9.08. The topological polar surface area (TPSA) is 69.2 Å². The maximum Gasteiger partial charge on any atom is 0.389 e. The smallest absolute Gasteiger partial charge is 0.324 e. The maximum absolute atomic E-state index is 13.3. The second kappa shape index (κ2) is 5.30. The van der Waals surface area contributed by atoms with Crippen molar-refractivity contribution in [3.05, 3.63) is 39.7 Å². The molecular weight excluding hydrogens is 256 g/mol. The molecule has 1 atom stereocenters. The molecule has 0 aromatic heterocycles. The van der Waals surface area contributed by atoms with E-state index in [0.717, 1.165) is 18.2 Å². The van der Waals surface area contributed by atoms with Crippen LogP contribution in [0, 0.1) is 15.9 Å². The van der Waals surface area contributed by atoms with Crippen molar-refractivity contribution < 1.29 is 22.5 Å². The van der Waals surface area contributed by atoms with Gasteiger partial charge in [0.15, 0.2) is 0 Å². The lowest BCUT2D eigenvalue weighted by molar-refractivity contribution is -0.385. The Kier molecular flexibility index (Phi) is 4.23. The van der Waals surface area contributed by atoms with E-state index in [9.17, 15) is 27.7 Å². The molecule has 0 radical (unpaired) electrons. The van der Waals surface area contributed by atoms with Gasteiger partial charge in [-0.2, -0.15) is 13.2 Å². The number of nitro benzene ring substituents is 1. The Morgan fingerprint density at radius 2 is 2.00 bits per heavy atom. The van der Waals surface area contributed by atoms with E-state index in [-0.39, 0.29) is 5.56 Å². The van der Waals surface area contributed by atoms with E-state index >= 15 is 0 Å². The van der Waals surface area contributed by atoms with Crippen molar-refractivity contribution in [3.8, 4) is 0 Å². The summed E-state index contributed by atoms with van der Waals surface area (Å²) in [5.41, 5.74) is 4.72. The molecule has 0 bridgehead atoms. The summed E-state index contributed by atoms with van der Waals surface area (Å²) in [7, 11) is 0. The molecule has 0 amide bonds. The zero-order chi connectivity index (χ0) is 13.9. The van der Waals surface area contributed by atoms with Crippen LogP contribution >= 0.6 is 0 Å². The zero-order valence-electron chi connectivity index (χ0n) is 9.08. The molecule has 0 spiro atoms. The molecule has 0 unspecified atom stereocenters. The average Bonchev–Trinajstić information content (AvgIpc) is 2.25. The van der Waals surface area contributed by atoms with Gasteiger partial charge in [0.25, 0.3) is 5.69 Å². The van der Waals surface area contributed by atoms with Crippen molar-refractivity contribution in [3.63, 3.8) is 0 Å². The maximum atomic E-state index is 13.3. The van der Waals surface area contributed by atoms with Crippen molar-refractivity contribution in [1.82, 2.24) is 0 Å². The van der Waals surface area contributed by atoms with Crippen LogP contribution in [0.15, 0.2) is 18.2 Å². The van der Waals surface area contributed by atoms with E-state index in [1.54, 1.807) is 0 Å². The van der Waals surface area contributed by atoms with E-state index in [1.807, 2.05) is 0 Å². The second-order valence-corrected chi connectivity index (χ2v) is 3.72. The number of nitrogens with two attached hydrogens (primary N) is 1. The third kappa shape index (κ3) is 3.95. The van der Waals surface area contributed by atoms with Crippen molar-refractivity contribution in [1.29, 1.82) is 0 Å². The van der Waals surface area contributed by atoms with Gasteiger partial charge >= 0.3 is 6.18 Å². The van der Waals surface area contributed by atoms with Gasteiger partial charge in [-0.3, -0.25) is 10.1 Å². The van der Waals surface area contributed by atoms with Crippen molar-refractivity contribution in [2.24, 2.45) is 5.73 Å². The summed E-state index contributed by atoms with van der Waals surface area (Å²) in [4.78, 5) is 9.70. The number of nitro groups is 1. The van der Waals surface area contributed by atoms with E-state index < -0.39 is 41.5 Å². The normalized spacial score (nSPS) is 13.4. The third-order valence-electron chi connectivity index (χ3n) is 2.33. The van der Waals surface area contributed by atoms with Crippen molar-refractivity contribution in [2.75, 3.05) is 0 Å². The number of halogens is 4. The molecule has 1 aromatic rings. The molecule has 0 heterocycles. The number of benzene rings is 1. The summed E-state index contributed by atoms with van der Waals surface area (Å²) in [6.07, 6.45) is -6.09. The first-order valence-corrected chi connectivity index (χ1v) is 4.97. The van der Waals surface area contributed by atoms with Crippen LogP contribution in [0.2, 0.25) is 0 Å². The van der Waals surface area contributed by atoms with Gasteiger partial charge < -0.3 is 5.73 Å². The Hall–Kier alpha value is -1.70. The fourth-order valence-corrected chi connectivity index (χ4v) is 1.40. The van der Waals surface area contributed by atoms with Crippen LogP contribution in [-0.2, 0) is 0 Å². The molecule has 0 aliphatic carbocycles. The second-order valence-electron chi connectivity index (χ2n) is 3.72. The number of rotatable bonds is 4. The highest BCUT2D eigenvalue weighted by molar-refractivity contribution is 5.36. The Morgan fingerprint density at radius 3 is 2.50 bits per heavy atom. The molecule has 100 valence electrons. The fourth-order valence-electron chi connectivity index (χ4n) is 1.40. The predicted octanol–water partition coefficient (Wildman–Crippen LogP) is 3.08. The number of alkyl halides is 3. The molecule has 0 aliphatic rings. The van der Waals surface area contributed by atoms with Gasteiger partial charge in [0.2, 0.25) is 0 Å². The summed E-state index contributed by atoms with van der Waals surface area (Å²) in [5.74, 6) is -0.852. The van der Waals surface area contributed by atoms with Gasteiger partial charge in [-0.25, -0.2) is 4.39 Å². The highest BCUT2D eigenvalue weighted by atomic mass is 19.4. The quantitative estimate of drug-likeness (QED) is 0.517. The van der Waals surface area contributed by atoms with Crippen LogP contribution in [0.4, 0.5) is 23.2 Å². The van der Waals surface area contributed by atoms with Gasteiger partial charge in [0.1, 0.15) is 5.82 Å². The van der Waals surface area contributed by atoms with E-state index in [1.165, 1.54) is 0 Å². The number of nitrogens with zero attached hydrogens (tertiary/aromatic N) is 1.